The Kier molecular flexibility index (Phi) is 9.97. The number of aliphatic imine (C=N–C) groups is 1. The molecule has 9 heteroatoms. The van der Waals surface area contributed by atoms with Crippen LogP contribution in [-0.2, 0) is 4.74 Å². The smallest absolute Gasteiger partial charge is 0.409 e. The molecule has 2 heterocycles. The van der Waals surface area contributed by atoms with Gasteiger partial charge in [0.2, 0.25) is 0 Å². The first-order valence-corrected chi connectivity index (χ1v) is 8.06. The number of carbonyl (C=O) groups excluding carboxylic acids is 1. The van der Waals surface area contributed by atoms with Gasteiger partial charge in [0.05, 0.1) is 19.9 Å². The highest BCUT2D eigenvalue weighted by Crippen LogP contribution is 2.11. The molecule has 0 aliphatic carbocycles. The zero-order valence-electron chi connectivity index (χ0n) is 14.6. The Morgan fingerprint density at radius 3 is 2.80 bits per heavy atom. The van der Waals surface area contributed by atoms with Gasteiger partial charge < -0.3 is 25.0 Å². The summed E-state index contributed by atoms with van der Waals surface area (Å²) in [5.41, 5.74) is 0. The Balaban J connectivity index is 0.00000312. The largest absolute Gasteiger partial charge is 0.490 e. The maximum atomic E-state index is 11.5. The first-order chi connectivity index (χ1) is 11.7. The number of amides is 1. The summed E-state index contributed by atoms with van der Waals surface area (Å²) in [6.07, 6.45) is 4.86. The fourth-order valence-electron chi connectivity index (χ4n) is 2.49. The van der Waals surface area contributed by atoms with Crippen molar-refractivity contribution in [3.63, 3.8) is 0 Å². The molecule has 25 heavy (non-hydrogen) atoms. The molecular weight excluding hydrogens is 437 g/mol. The van der Waals surface area contributed by atoms with E-state index >= 15 is 0 Å². The molecule has 0 aromatic carbocycles. The van der Waals surface area contributed by atoms with E-state index in [9.17, 15) is 4.79 Å². The zero-order chi connectivity index (χ0) is 17.2. The van der Waals surface area contributed by atoms with Crippen LogP contribution in [0.15, 0.2) is 29.5 Å². The van der Waals surface area contributed by atoms with Gasteiger partial charge in [-0.3, -0.25) is 9.98 Å². The summed E-state index contributed by atoms with van der Waals surface area (Å²) in [6, 6.07) is 4.00. The number of aromatic nitrogens is 1. The fraction of sp³-hybridized carbons (Fsp3) is 0.562. The van der Waals surface area contributed by atoms with E-state index in [0.717, 1.165) is 24.6 Å². The van der Waals surface area contributed by atoms with Crippen molar-refractivity contribution in [1.29, 1.82) is 0 Å². The van der Waals surface area contributed by atoms with Crippen LogP contribution in [0.4, 0.5) is 4.79 Å². The standard InChI is InChI=1S/C16H25N5O3.HI/c1-17-15(19-8-11-24-14-4-3-7-18-12-14)20-13-5-9-21(10-6-13)16(22)23-2;/h3-4,7,12-13H,5-6,8-11H2,1-2H3,(H2,17,19,20);1H. The maximum Gasteiger partial charge on any atom is 0.409 e. The van der Waals surface area contributed by atoms with Gasteiger partial charge in [0, 0.05) is 32.4 Å². The van der Waals surface area contributed by atoms with Gasteiger partial charge in [-0.25, -0.2) is 4.79 Å². The Morgan fingerprint density at radius 2 is 2.20 bits per heavy atom. The molecule has 0 spiro atoms. The van der Waals surface area contributed by atoms with Gasteiger partial charge in [-0.05, 0) is 25.0 Å². The summed E-state index contributed by atoms with van der Waals surface area (Å²) < 4.78 is 10.3. The average molecular weight is 463 g/mol. The number of nitrogens with one attached hydrogen (secondary N) is 2. The fourth-order valence-corrected chi connectivity index (χ4v) is 2.49. The highest BCUT2D eigenvalue weighted by molar-refractivity contribution is 14.0. The highest BCUT2D eigenvalue weighted by Gasteiger charge is 2.23. The molecule has 140 valence electrons. The molecule has 2 rings (SSSR count). The van der Waals surface area contributed by atoms with Crippen molar-refractivity contribution in [2.45, 2.75) is 18.9 Å². The minimum Gasteiger partial charge on any atom is -0.490 e. The molecule has 1 aromatic rings. The van der Waals surface area contributed by atoms with Crippen molar-refractivity contribution in [2.24, 2.45) is 4.99 Å². The second kappa shape index (κ2) is 11.7. The number of hydrogen-bond acceptors (Lipinski definition) is 5. The van der Waals surface area contributed by atoms with Crippen LogP contribution in [0.25, 0.3) is 0 Å². The van der Waals surface area contributed by atoms with E-state index < -0.39 is 0 Å². The predicted octanol–water partition coefficient (Wildman–Crippen LogP) is 1.47. The van der Waals surface area contributed by atoms with E-state index in [0.29, 0.717) is 26.2 Å². The van der Waals surface area contributed by atoms with Crippen LogP contribution in [0, 0.1) is 0 Å². The molecule has 0 saturated carbocycles. The summed E-state index contributed by atoms with van der Waals surface area (Å²) in [4.78, 5) is 21.4. The molecular formula is C16H26IN5O3. The van der Waals surface area contributed by atoms with E-state index in [2.05, 4.69) is 20.6 Å². The lowest BCUT2D eigenvalue weighted by molar-refractivity contribution is 0.111. The van der Waals surface area contributed by atoms with Crippen molar-refractivity contribution < 1.29 is 14.3 Å². The number of halogens is 1. The van der Waals surface area contributed by atoms with E-state index in [-0.39, 0.29) is 36.1 Å². The van der Waals surface area contributed by atoms with Gasteiger partial charge in [-0.1, -0.05) is 0 Å². The van der Waals surface area contributed by atoms with E-state index in [1.165, 1.54) is 7.11 Å². The van der Waals surface area contributed by atoms with Crippen molar-refractivity contribution in [2.75, 3.05) is 40.4 Å². The third kappa shape index (κ3) is 7.32. The summed E-state index contributed by atoms with van der Waals surface area (Å²) in [5.74, 6) is 1.48. The first-order valence-electron chi connectivity index (χ1n) is 8.06. The lowest BCUT2D eigenvalue weighted by Crippen LogP contribution is -2.50. The van der Waals surface area contributed by atoms with Crippen LogP contribution in [-0.4, -0.2) is 68.4 Å². The zero-order valence-corrected chi connectivity index (χ0v) is 16.9. The number of carbonyl (C=O) groups is 1. The van der Waals surface area contributed by atoms with Crippen LogP contribution < -0.4 is 15.4 Å². The molecule has 0 atom stereocenters. The first kappa shape index (κ1) is 21.3. The third-order valence-electron chi connectivity index (χ3n) is 3.79. The SMILES string of the molecule is CN=C(NCCOc1cccnc1)NC1CCN(C(=O)OC)CC1.I. The number of hydrogen-bond donors (Lipinski definition) is 2. The van der Waals surface area contributed by atoms with E-state index in [4.69, 9.17) is 9.47 Å². The van der Waals surface area contributed by atoms with Crippen LogP contribution in [0.1, 0.15) is 12.8 Å². The number of methoxy groups -OCH3 is 1. The molecule has 2 N–H and O–H groups in total. The highest BCUT2D eigenvalue weighted by atomic mass is 127. The normalized spacial score (nSPS) is 15.1. The Bertz CT molecular complexity index is 536. The molecule has 0 unspecified atom stereocenters. The Hall–Kier alpha value is -1.78. The Morgan fingerprint density at radius 1 is 1.44 bits per heavy atom. The quantitative estimate of drug-likeness (QED) is 0.298. The molecule has 1 amide bonds. The minimum absolute atomic E-state index is 0. The molecule has 1 aliphatic rings. The number of piperidine rings is 1. The number of likely N-dealkylation sites (tertiary alicyclic amines) is 1. The van der Waals surface area contributed by atoms with Crippen LogP contribution in [0.3, 0.4) is 0 Å². The third-order valence-corrected chi connectivity index (χ3v) is 3.79. The lowest BCUT2D eigenvalue weighted by atomic mass is 10.1. The van der Waals surface area contributed by atoms with Gasteiger partial charge in [-0.15, -0.1) is 24.0 Å². The molecule has 0 radical (unpaired) electrons. The summed E-state index contributed by atoms with van der Waals surface area (Å²) in [7, 11) is 3.15. The monoisotopic (exact) mass is 463 g/mol. The molecule has 8 nitrogen and oxygen atoms in total. The van der Waals surface area contributed by atoms with Gasteiger partial charge in [0.25, 0.3) is 0 Å². The number of nitrogens with zero attached hydrogens (tertiary/aromatic N) is 3. The van der Waals surface area contributed by atoms with Crippen LogP contribution >= 0.6 is 24.0 Å². The number of pyridine rings is 1. The van der Waals surface area contributed by atoms with Gasteiger partial charge in [0.1, 0.15) is 12.4 Å². The Labute approximate surface area is 165 Å². The number of rotatable bonds is 5. The lowest BCUT2D eigenvalue weighted by Gasteiger charge is -2.32. The minimum atomic E-state index is -0.261. The van der Waals surface area contributed by atoms with Gasteiger partial charge in [0.15, 0.2) is 5.96 Å². The molecule has 1 fully saturated rings. The topological polar surface area (TPSA) is 88.1 Å². The summed E-state index contributed by atoms with van der Waals surface area (Å²) in [6.45, 7) is 2.53. The van der Waals surface area contributed by atoms with Crippen LogP contribution in [0.5, 0.6) is 5.75 Å². The van der Waals surface area contributed by atoms with E-state index in [1.54, 1.807) is 24.3 Å². The second-order valence-electron chi connectivity index (χ2n) is 5.41. The molecule has 1 aromatic heterocycles. The molecule has 1 aliphatic heterocycles. The van der Waals surface area contributed by atoms with Gasteiger partial charge in [-0.2, -0.15) is 0 Å². The van der Waals surface area contributed by atoms with Gasteiger partial charge >= 0.3 is 6.09 Å². The number of guanidine groups is 1. The molecule has 0 bridgehead atoms. The number of ether oxygens (including phenoxy) is 2. The average Bonchev–Trinajstić information content (AvgIpc) is 2.65. The predicted molar refractivity (Wildman–Crippen MR) is 107 cm³/mol. The second-order valence-corrected chi connectivity index (χ2v) is 5.41. The summed E-state index contributed by atoms with van der Waals surface area (Å²) >= 11 is 0. The van der Waals surface area contributed by atoms with E-state index in [1.807, 2.05) is 12.1 Å². The maximum absolute atomic E-state index is 11.5. The van der Waals surface area contributed by atoms with Crippen LogP contribution in [0.2, 0.25) is 0 Å². The van der Waals surface area contributed by atoms with Crippen molar-refractivity contribution in [3.05, 3.63) is 24.5 Å². The molecule has 1 saturated heterocycles. The van der Waals surface area contributed by atoms with Crippen molar-refractivity contribution >= 4 is 36.0 Å². The summed E-state index contributed by atoms with van der Waals surface area (Å²) in [5, 5.41) is 6.59. The van der Waals surface area contributed by atoms with Crippen molar-refractivity contribution in [3.8, 4) is 5.75 Å². The van der Waals surface area contributed by atoms with Crippen molar-refractivity contribution in [1.82, 2.24) is 20.5 Å².